The molecular weight excluding hydrogens is 394 g/mol. The maximum absolute atomic E-state index is 12.7. The first-order chi connectivity index (χ1) is 14.0. The highest BCUT2D eigenvalue weighted by Gasteiger charge is 2.22. The average molecular weight is 417 g/mol. The number of methoxy groups -OCH3 is 1. The SMILES string of the molecule is COc1ccccc1CNC(=O)[C@H](CCSC)NC(=O)c1cccc([N+](=O)[O-])c1. The van der Waals surface area contributed by atoms with E-state index < -0.39 is 16.9 Å². The van der Waals surface area contributed by atoms with Crippen LogP contribution in [0.25, 0.3) is 0 Å². The normalized spacial score (nSPS) is 11.4. The molecule has 2 aromatic rings. The fraction of sp³-hybridized carbons (Fsp3) is 0.300. The van der Waals surface area contributed by atoms with Crippen LogP contribution in [0.5, 0.6) is 5.75 Å². The number of hydrogen-bond acceptors (Lipinski definition) is 6. The first-order valence-electron chi connectivity index (χ1n) is 8.90. The number of hydrogen-bond donors (Lipinski definition) is 2. The van der Waals surface area contributed by atoms with Crippen LogP contribution >= 0.6 is 11.8 Å². The molecule has 0 saturated carbocycles. The van der Waals surface area contributed by atoms with Crippen molar-refractivity contribution < 1.29 is 19.2 Å². The molecule has 2 N–H and O–H groups in total. The molecular formula is C20H23N3O5S. The molecule has 2 rings (SSSR count). The number of para-hydroxylation sites is 1. The Morgan fingerprint density at radius 1 is 1.21 bits per heavy atom. The van der Waals surface area contributed by atoms with Crippen LogP contribution in [0.3, 0.4) is 0 Å². The lowest BCUT2D eigenvalue weighted by molar-refractivity contribution is -0.384. The summed E-state index contributed by atoms with van der Waals surface area (Å²) in [6.07, 6.45) is 2.34. The van der Waals surface area contributed by atoms with Crippen LogP contribution < -0.4 is 15.4 Å². The van der Waals surface area contributed by atoms with Crippen LogP contribution in [-0.4, -0.2) is 41.9 Å². The van der Waals surface area contributed by atoms with Gasteiger partial charge < -0.3 is 15.4 Å². The molecule has 1 atom stereocenters. The van der Waals surface area contributed by atoms with Crippen LogP contribution in [0.1, 0.15) is 22.3 Å². The predicted octanol–water partition coefficient (Wildman–Crippen LogP) is 2.77. The molecule has 9 heteroatoms. The Balaban J connectivity index is 2.07. The van der Waals surface area contributed by atoms with Crippen molar-refractivity contribution in [1.29, 1.82) is 0 Å². The molecule has 0 spiro atoms. The van der Waals surface area contributed by atoms with Gasteiger partial charge in [-0.1, -0.05) is 24.3 Å². The van der Waals surface area contributed by atoms with E-state index in [0.717, 1.165) is 5.56 Å². The number of amides is 2. The summed E-state index contributed by atoms with van der Waals surface area (Å²) in [6, 6.07) is 12.0. The third-order valence-corrected chi connectivity index (χ3v) is 4.84. The topological polar surface area (TPSA) is 111 Å². The number of non-ortho nitro benzene ring substituents is 1. The van der Waals surface area contributed by atoms with Gasteiger partial charge in [-0.15, -0.1) is 0 Å². The van der Waals surface area contributed by atoms with Crippen LogP contribution in [-0.2, 0) is 11.3 Å². The maximum atomic E-state index is 12.7. The van der Waals surface area contributed by atoms with Gasteiger partial charge in [-0.2, -0.15) is 11.8 Å². The Kier molecular flexibility index (Phi) is 8.47. The van der Waals surface area contributed by atoms with E-state index in [1.807, 2.05) is 24.5 Å². The standard InChI is InChI=1S/C20H23N3O5S/c1-28-18-9-4-3-6-15(18)13-21-20(25)17(10-11-29-2)22-19(24)14-7-5-8-16(12-14)23(26)27/h3-9,12,17H,10-11,13H2,1-2H3,(H,21,25)(H,22,24)/t17-/m0/s1. The molecule has 0 aromatic heterocycles. The number of nitro groups is 1. The number of ether oxygens (including phenoxy) is 1. The van der Waals surface area contributed by atoms with Crippen molar-refractivity contribution >= 4 is 29.3 Å². The van der Waals surface area contributed by atoms with E-state index in [-0.39, 0.29) is 23.7 Å². The quantitative estimate of drug-likeness (QED) is 0.454. The van der Waals surface area contributed by atoms with E-state index in [0.29, 0.717) is 17.9 Å². The lowest BCUT2D eigenvalue weighted by Gasteiger charge is -2.19. The van der Waals surface area contributed by atoms with Crippen molar-refractivity contribution in [2.75, 3.05) is 19.1 Å². The van der Waals surface area contributed by atoms with Gasteiger partial charge in [0, 0.05) is 29.8 Å². The molecule has 0 heterocycles. The average Bonchev–Trinajstić information content (AvgIpc) is 2.74. The number of rotatable bonds is 10. The summed E-state index contributed by atoms with van der Waals surface area (Å²) in [5.41, 5.74) is 0.766. The molecule has 0 unspecified atom stereocenters. The molecule has 0 radical (unpaired) electrons. The Hall–Kier alpha value is -3.07. The molecule has 29 heavy (non-hydrogen) atoms. The van der Waals surface area contributed by atoms with Crippen molar-refractivity contribution in [2.45, 2.75) is 19.0 Å². The van der Waals surface area contributed by atoms with Crippen LogP contribution in [0.2, 0.25) is 0 Å². The van der Waals surface area contributed by atoms with Crippen LogP contribution in [0, 0.1) is 10.1 Å². The van der Waals surface area contributed by atoms with Crippen LogP contribution in [0.4, 0.5) is 5.69 Å². The maximum Gasteiger partial charge on any atom is 0.270 e. The molecule has 0 bridgehead atoms. The van der Waals surface area contributed by atoms with Crippen molar-refractivity contribution in [3.8, 4) is 5.75 Å². The van der Waals surface area contributed by atoms with Gasteiger partial charge in [-0.3, -0.25) is 19.7 Å². The first kappa shape index (κ1) is 22.2. The van der Waals surface area contributed by atoms with Crippen molar-refractivity contribution in [3.63, 3.8) is 0 Å². The van der Waals surface area contributed by atoms with Gasteiger partial charge in [0.25, 0.3) is 11.6 Å². The minimum Gasteiger partial charge on any atom is -0.496 e. The van der Waals surface area contributed by atoms with E-state index in [4.69, 9.17) is 4.74 Å². The molecule has 2 aromatic carbocycles. The summed E-state index contributed by atoms with van der Waals surface area (Å²) in [5.74, 6) is 0.465. The highest BCUT2D eigenvalue weighted by Crippen LogP contribution is 2.17. The Labute approximate surface area is 173 Å². The van der Waals surface area contributed by atoms with Gasteiger partial charge in [-0.05, 0) is 30.6 Å². The summed E-state index contributed by atoms with van der Waals surface area (Å²) >= 11 is 1.56. The summed E-state index contributed by atoms with van der Waals surface area (Å²) in [5, 5.41) is 16.4. The second-order valence-corrected chi connectivity index (χ2v) is 7.13. The van der Waals surface area contributed by atoms with E-state index in [1.54, 1.807) is 24.9 Å². The van der Waals surface area contributed by atoms with Crippen molar-refractivity contribution in [1.82, 2.24) is 10.6 Å². The Morgan fingerprint density at radius 2 is 1.97 bits per heavy atom. The summed E-state index contributed by atoms with van der Waals surface area (Å²) in [7, 11) is 1.56. The van der Waals surface area contributed by atoms with E-state index >= 15 is 0 Å². The molecule has 0 fully saturated rings. The molecule has 0 aliphatic rings. The fourth-order valence-corrected chi connectivity index (χ4v) is 3.13. The number of carbonyl (C=O) groups excluding carboxylic acids is 2. The largest absolute Gasteiger partial charge is 0.496 e. The zero-order valence-corrected chi connectivity index (χ0v) is 17.0. The summed E-state index contributed by atoms with van der Waals surface area (Å²) in [6.45, 7) is 0.255. The summed E-state index contributed by atoms with van der Waals surface area (Å²) in [4.78, 5) is 35.6. The summed E-state index contributed by atoms with van der Waals surface area (Å²) < 4.78 is 5.28. The first-order valence-corrected chi connectivity index (χ1v) is 10.3. The zero-order valence-electron chi connectivity index (χ0n) is 16.2. The molecule has 8 nitrogen and oxygen atoms in total. The molecule has 0 saturated heterocycles. The fourth-order valence-electron chi connectivity index (χ4n) is 2.66. The molecule has 0 aliphatic carbocycles. The smallest absolute Gasteiger partial charge is 0.270 e. The van der Waals surface area contributed by atoms with Gasteiger partial charge in [0.1, 0.15) is 11.8 Å². The van der Waals surface area contributed by atoms with Crippen LogP contribution in [0.15, 0.2) is 48.5 Å². The number of nitrogens with zero attached hydrogens (tertiary/aromatic N) is 1. The molecule has 154 valence electrons. The van der Waals surface area contributed by atoms with E-state index in [9.17, 15) is 19.7 Å². The lowest BCUT2D eigenvalue weighted by atomic mass is 10.1. The number of carbonyl (C=O) groups is 2. The van der Waals surface area contributed by atoms with Gasteiger partial charge in [-0.25, -0.2) is 0 Å². The minimum absolute atomic E-state index is 0.130. The second-order valence-electron chi connectivity index (χ2n) is 6.14. The predicted molar refractivity (Wildman–Crippen MR) is 112 cm³/mol. The van der Waals surface area contributed by atoms with E-state index in [2.05, 4.69) is 10.6 Å². The van der Waals surface area contributed by atoms with Gasteiger partial charge in [0.05, 0.1) is 12.0 Å². The number of thioether (sulfide) groups is 1. The van der Waals surface area contributed by atoms with Gasteiger partial charge in [0.15, 0.2) is 0 Å². The third kappa shape index (κ3) is 6.49. The highest BCUT2D eigenvalue weighted by atomic mass is 32.2. The monoisotopic (exact) mass is 417 g/mol. The highest BCUT2D eigenvalue weighted by molar-refractivity contribution is 7.98. The number of nitro benzene ring substituents is 1. The third-order valence-electron chi connectivity index (χ3n) is 4.20. The Morgan fingerprint density at radius 3 is 2.66 bits per heavy atom. The van der Waals surface area contributed by atoms with E-state index in [1.165, 1.54) is 24.3 Å². The Bertz CT molecular complexity index is 875. The van der Waals surface area contributed by atoms with Gasteiger partial charge >= 0.3 is 0 Å². The molecule has 2 amide bonds. The number of benzene rings is 2. The van der Waals surface area contributed by atoms with Gasteiger partial charge in [0.2, 0.25) is 5.91 Å². The number of nitrogens with one attached hydrogen (secondary N) is 2. The lowest BCUT2D eigenvalue weighted by Crippen LogP contribution is -2.46. The van der Waals surface area contributed by atoms with Crippen molar-refractivity contribution in [3.05, 3.63) is 69.8 Å². The van der Waals surface area contributed by atoms with Crippen molar-refractivity contribution in [2.24, 2.45) is 0 Å². The second kappa shape index (κ2) is 11.1. The molecule has 0 aliphatic heterocycles. The zero-order chi connectivity index (χ0) is 21.2. The minimum atomic E-state index is -0.760.